The predicted octanol–water partition coefficient (Wildman–Crippen LogP) is 6.68. The molecule has 160 valence electrons. The van der Waals surface area contributed by atoms with Gasteiger partial charge in [0.1, 0.15) is 0 Å². The Bertz CT molecular complexity index is 762. The fourth-order valence-electron chi connectivity index (χ4n) is 3.26. The average molecular weight is 399 g/mol. The summed E-state index contributed by atoms with van der Waals surface area (Å²) in [6.07, 6.45) is 15.3. The van der Waals surface area contributed by atoms with Crippen molar-refractivity contribution in [3.05, 3.63) is 58.7 Å². The van der Waals surface area contributed by atoms with Gasteiger partial charge in [-0.2, -0.15) is 0 Å². The van der Waals surface area contributed by atoms with E-state index in [1.54, 1.807) is 0 Å². The molecule has 0 N–H and O–H groups in total. The standard InChI is InChI=1S/C26H38O3/c1-19(14-15-22-21(3)13-10-16-26(22,7)8)11-9-12-20(2)17-24(28)29-18-23(27)25(4,5)6/h9,11-12,14-15,17H,10,13,16,18H2,1-8H3/b12-9-,15-14+,19-11+,20-17-. The maximum absolute atomic E-state index is 11.8. The summed E-state index contributed by atoms with van der Waals surface area (Å²) in [7, 11) is 0. The van der Waals surface area contributed by atoms with Gasteiger partial charge >= 0.3 is 5.97 Å². The molecule has 0 saturated carbocycles. The third kappa shape index (κ3) is 8.81. The van der Waals surface area contributed by atoms with Crippen LogP contribution in [0.4, 0.5) is 0 Å². The molecule has 0 saturated heterocycles. The third-order valence-corrected chi connectivity index (χ3v) is 5.30. The van der Waals surface area contributed by atoms with E-state index in [-0.39, 0.29) is 17.8 Å². The number of hydrogen-bond acceptors (Lipinski definition) is 3. The lowest BCUT2D eigenvalue weighted by molar-refractivity contribution is -0.145. The second-order valence-corrected chi connectivity index (χ2v) is 9.70. The third-order valence-electron chi connectivity index (χ3n) is 5.30. The summed E-state index contributed by atoms with van der Waals surface area (Å²) >= 11 is 0. The first kappa shape index (κ1) is 24.9. The molecule has 29 heavy (non-hydrogen) atoms. The molecule has 3 heteroatoms. The molecule has 0 fully saturated rings. The highest BCUT2D eigenvalue weighted by molar-refractivity contribution is 5.89. The predicted molar refractivity (Wildman–Crippen MR) is 122 cm³/mol. The number of ketones is 1. The molecule has 0 bridgehead atoms. The van der Waals surface area contributed by atoms with Crippen LogP contribution in [0.5, 0.6) is 0 Å². The molecule has 0 radical (unpaired) electrons. The van der Waals surface area contributed by atoms with Gasteiger partial charge in [0, 0.05) is 11.5 Å². The summed E-state index contributed by atoms with van der Waals surface area (Å²) in [6.45, 7) is 16.0. The van der Waals surface area contributed by atoms with E-state index in [4.69, 9.17) is 4.74 Å². The number of allylic oxidation sites excluding steroid dienone is 9. The summed E-state index contributed by atoms with van der Waals surface area (Å²) < 4.78 is 5.03. The van der Waals surface area contributed by atoms with Gasteiger partial charge in [0.25, 0.3) is 0 Å². The average Bonchev–Trinajstić information content (AvgIpc) is 2.57. The molecular formula is C26H38O3. The maximum atomic E-state index is 11.8. The Morgan fingerprint density at radius 3 is 2.34 bits per heavy atom. The lowest BCUT2D eigenvalue weighted by Gasteiger charge is -2.32. The van der Waals surface area contributed by atoms with Gasteiger partial charge < -0.3 is 4.74 Å². The van der Waals surface area contributed by atoms with Gasteiger partial charge in [-0.15, -0.1) is 0 Å². The van der Waals surface area contributed by atoms with Crippen molar-refractivity contribution >= 4 is 11.8 Å². The van der Waals surface area contributed by atoms with Gasteiger partial charge in [0.2, 0.25) is 0 Å². The molecule has 0 atom stereocenters. The molecule has 0 aromatic rings. The highest BCUT2D eigenvalue weighted by Gasteiger charge is 2.26. The zero-order chi connectivity index (χ0) is 22.2. The van der Waals surface area contributed by atoms with Crippen molar-refractivity contribution in [2.24, 2.45) is 10.8 Å². The minimum Gasteiger partial charge on any atom is -0.454 e. The van der Waals surface area contributed by atoms with Crippen LogP contribution in [-0.2, 0) is 14.3 Å². The topological polar surface area (TPSA) is 43.4 Å². The highest BCUT2D eigenvalue weighted by atomic mass is 16.5. The van der Waals surface area contributed by atoms with E-state index in [1.807, 2.05) is 45.9 Å². The largest absolute Gasteiger partial charge is 0.454 e. The second-order valence-electron chi connectivity index (χ2n) is 9.70. The number of carbonyl (C=O) groups is 2. The normalized spacial score (nSPS) is 18.6. The second kappa shape index (κ2) is 10.6. The van der Waals surface area contributed by atoms with Crippen LogP contribution >= 0.6 is 0 Å². The Labute approximate surface area is 177 Å². The molecule has 0 spiro atoms. The molecule has 1 rings (SSSR count). The molecule has 0 heterocycles. The van der Waals surface area contributed by atoms with E-state index in [0.29, 0.717) is 0 Å². The van der Waals surface area contributed by atoms with E-state index in [2.05, 4.69) is 39.8 Å². The summed E-state index contributed by atoms with van der Waals surface area (Å²) in [6, 6.07) is 0. The molecule has 1 aliphatic carbocycles. The zero-order valence-corrected chi connectivity index (χ0v) is 19.5. The van der Waals surface area contributed by atoms with Crippen molar-refractivity contribution in [2.45, 2.75) is 74.7 Å². The number of Topliss-reactive ketones (excluding diaryl/α,β-unsaturated/α-hetero) is 1. The minimum absolute atomic E-state index is 0.0933. The monoisotopic (exact) mass is 398 g/mol. The molecule has 0 aliphatic heterocycles. The Balaban J connectivity index is 2.65. The Hall–Kier alpha value is -2.16. The Morgan fingerprint density at radius 1 is 1.10 bits per heavy atom. The smallest absolute Gasteiger partial charge is 0.331 e. The van der Waals surface area contributed by atoms with Crippen molar-refractivity contribution in [2.75, 3.05) is 6.61 Å². The van der Waals surface area contributed by atoms with Crippen LogP contribution in [0.1, 0.15) is 74.7 Å². The molecular weight excluding hydrogens is 360 g/mol. The Kier molecular flexibility index (Phi) is 9.07. The van der Waals surface area contributed by atoms with Crippen LogP contribution < -0.4 is 0 Å². The lowest BCUT2D eigenvalue weighted by Crippen LogP contribution is -2.26. The SMILES string of the molecule is CC1=C(/C=C/C(C)=C/C=C\C(C)=C/C(=O)OCC(=O)C(C)(C)C)C(C)(C)CCC1. The number of rotatable bonds is 7. The molecule has 0 amide bonds. The quantitative estimate of drug-likeness (QED) is 0.273. The van der Waals surface area contributed by atoms with Crippen molar-refractivity contribution in [1.82, 2.24) is 0 Å². The number of hydrogen-bond donors (Lipinski definition) is 0. The van der Waals surface area contributed by atoms with Crippen molar-refractivity contribution in [1.29, 1.82) is 0 Å². The van der Waals surface area contributed by atoms with E-state index >= 15 is 0 Å². The van der Waals surface area contributed by atoms with E-state index in [1.165, 1.54) is 36.5 Å². The first-order valence-corrected chi connectivity index (χ1v) is 10.4. The van der Waals surface area contributed by atoms with Gasteiger partial charge in [0.15, 0.2) is 12.4 Å². The van der Waals surface area contributed by atoms with Crippen LogP contribution in [0.25, 0.3) is 0 Å². The molecule has 1 aliphatic rings. The van der Waals surface area contributed by atoms with Crippen LogP contribution in [0, 0.1) is 10.8 Å². The summed E-state index contributed by atoms with van der Waals surface area (Å²) in [5.74, 6) is -0.587. The highest BCUT2D eigenvalue weighted by Crippen LogP contribution is 2.40. The van der Waals surface area contributed by atoms with Gasteiger partial charge in [-0.1, -0.05) is 76.1 Å². The van der Waals surface area contributed by atoms with Crippen molar-refractivity contribution in [3.63, 3.8) is 0 Å². The minimum atomic E-state index is -0.504. The number of esters is 1. The van der Waals surface area contributed by atoms with Crippen molar-refractivity contribution in [3.8, 4) is 0 Å². The first-order chi connectivity index (χ1) is 13.3. The van der Waals surface area contributed by atoms with Crippen LogP contribution in [-0.4, -0.2) is 18.4 Å². The van der Waals surface area contributed by atoms with Crippen molar-refractivity contribution < 1.29 is 14.3 Å². The first-order valence-electron chi connectivity index (χ1n) is 10.4. The van der Waals surface area contributed by atoms with Gasteiger partial charge in [-0.05, 0) is 56.6 Å². The number of carbonyl (C=O) groups excluding carboxylic acids is 2. The van der Waals surface area contributed by atoms with Gasteiger partial charge in [-0.3, -0.25) is 4.79 Å². The summed E-state index contributed by atoms with van der Waals surface area (Å²) in [5, 5.41) is 0. The van der Waals surface area contributed by atoms with Gasteiger partial charge in [0.05, 0.1) is 0 Å². The summed E-state index contributed by atoms with van der Waals surface area (Å²) in [5.41, 5.74) is 4.60. The molecule has 0 aromatic heterocycles. The number of ether oxygens (including phenoxy) is 1. The molecule has 3 nitrogen and oxygen atoms in total. The van der Waals surface area contributed by atoms with Crippen LogP contribution in [0.2, 0.25) is 0 Å². The van der Waals surface area contributed by atoms with E-state index in [9.17, 15) is 9.59 Å². The zero-order valence-electron chi connectivity index (χ0n) is 19.5. The fraction of sp³-hybridized carbons (Fsp3) is 0.538. The van der Waals surface area contributed by atoms with Gasteiger partial charge in [-0.25, -0.2) is 4.79 Å². The van der Waals surface area contributed by atoms with Crippen LogP contribution in [0.3, 0.4) is 0 Å². The Morgan fingerprint density at radius 2 is 1.76 bits per heavy atom. The maximum Gasteiger partial charge on any atom is 0.331 e. The van der Waals surface area contributed by atoms with E-state index < -0.39 is 11.4 Å². The molecule has 0 aromatic carbocycles. The van der Waals surface area contributed by atoms with Crippen LogP contribution in [0.15, 0.2) is 58.7 Å². The molecule has 0 unspecified atom stereocenters. The fourth-order valence-corrected chi connectivity index (χ4v) is 3.26. The van der Waals surface area contributed by atoms with E-state index in [0.717, 1.165) is 11.1 Å². The summed E-state index contributed by atoms with van der Waals surface area (Å²) in [4.78, 5) is 23.6. The lowest BCUT2D eigenvalue weighted by atomic mass is 9.72.